The molecule has 0 spiro atoms. The third-order valence-corrected chi connectivity index (χ3v) is 3.88. The van der Waals surface area contributed by atoms with Gasteiger partial charge in [0.2, 0.25) is 0 Å². The van der Waals surface area contributed by atoms with E-state index in [-0.39, 0.29) is 0 Å². The van der Waals surface area contributed by atoms with E-state index in [0.29, 0.717) is 24.0 Å². The van der Waals surface area contributed by atoms with Gasteiger partial charge in [-0.1, -0.05) is 43.5 Å². The van der Waals surface area contributed by atoms with E-state index in [1.54, 1.807) is 26.0 Å². The molecule has 0 saturated carbocycles. The van der Waals surface area contributed by atoms with Gasteiger partial charge < -0.3 is 0 Å². The zero-order valence-corrected chi connectivity index (χ0v) is 15.9. The van der Waals surface area contributed by atoms with Crippen LogP contribution >= 0.6 is 0 Å². The summed E-state index contributed by atoms with van der Waals surface area (Å²) < 4.78 is 74.0. The van der Waals surface area contributed by atoms with Crippen molar-refractivity contribution in [2.75, 3.05) is 0 Å². The Morgan fingerprint density at radius 3 is 1.41 bits per heavy atom. The fourth-order valence-electron chi connectivity index (χ4n) is 2.69. The van der Waals surface area contributed by atoms with Crippen molar-refractivity contribution in [3.63, 3.8) is 0 Å². The summed E-state index contributed by atoms with van der Waals surface area (Å²) in [7, 11) is 0. The summed E-state index contributed by atoms with van der Waals surface area (Å²) in [6.07, 6.45) is -6.26. The minimum atomic E-state index is -4.23. The van der Waals surface area contributed by atoms with E-state index in [0.717, 1.165) is 17.5 Å². The fraction of sp³-hybridized carbons (Fsp3) is 0.429. The Labute approximate surface area is 156 Å². The average molecular weight is 390 g/mol. The van der Waals surface area contributed by atoms with E-state index < -0.39 is 23.5 Å². The van der Waals surface area contributed by atoms with Gasteiger partial charge in [0, 0.05) is 0 Å². The van der Waals surface area contributed by atoms with Crippen LogP contribution in [-0.2, 0) is 25.2 Å². The molecule has 0 fully saturated rings. The minimum Gasteiger partial charge on any atom is -0.166 e. The smallest absolute Gasteiger partial charge is 0.166 e. The second kappa shape index (κ2) is 9.29. The highest BCUT2D eigenvalue weighted by atomic mass is 19.4. The number of aryl methyl sites for hydroxylation is 4. The molecule has 0 saturated heterocycles. The van der Waals surface area contributed by atoms with Gasteiger partial charge in [0.25, 0.3) is 0 Å². The maximum atomic E-state index is 12.4. The standard InChI is InChI=1S/C11H13F3.C10H11F3/c1-3-4-9-5-8(2)6-10(7-9)11(12,13)14;1-3-8-4-7(2)5-9(6-8)10(11,12)13/h5-7H,3-4H2,1-2H3;4-6H,3H2,1-2H3. The molecule has 0 bridgehead atoms. The van der Waals surface area contributed by atoms with Gasteiger partial charge in [-0.15, -0.1) is 0 Å². The first-order chi connectivity index (χ1) is 12.4. The van der Waals surface area contributed by atoms with Crippen LogP contribution in [-0.4, -0.2) is 0 Å². The number of rotatable bonds is 3. The van der Waals surface area contributed by atoms with Gasteiger partial charge in [-0.2, -0.15) is 26.3 Å². The van der Waals surface area contributed by atoms with Gasteiger partial charge in [-0.3, -0.25) is 0 Å². The molecule has 0 unspecified atom stereocenters. The van der Waals surface area contributed by atoms with Crippen LogP contribution in [0.4, 0.5) is 26.3 Å². The first-order valence-corrected chi connectivity index (χ1v) is 8.72. The highest BCUT2D eigenvalue weighted by molar-refractivity contribution is 5.32. The molecule has 0 aromatic heterocycles. The van der Waals surface area contributed by atoms with Crippen LogP contribution < -0.4 is 0 Å². The predicted molar refractivity (Wildman–Crippen MR) is 95.7 cm³/mol. The number of halogens is 6. The van der Waals surface area contributed by atoms with Gasteiger partial charge in [0.05, 0.1) is 11.1 Å². The molecule has 0 amide bonds. The molecular weight excluding hydrogens is 366 g/mol. The van der Waals surface area contributed by atoms with E-state index in [9.17, 15) is 26.3 Å². The van der Waals surface area contributed by atoms with Crippen molar-refractivity contribution in [3.05, 3.63) is 69.8 Å². The first-order valence-electron chi connectivity index (χ1n) is 8.72. The fourth-order valence-corrected chi connectivity index (χ4v) is 2.69. The van der Waals surface area contributed by atoms with E-state index >= 15 is 0 Å². The van der Waals surface area contributed by atoms with Crippen molar-refractivity contribution in [2.45, 2.75) is 59.3 Å². The Bertz CT molecular complexity index is 741. The molecule has 0 nitrogen and oxygen atoms in total. The lowest BCUT2D eigenvalue weighted by Crippen LogP contribution is -2.06. The van der Waals surface area contributed by atoms with Crippen molar-refractivity contribution in [2.24, 2.45) is 0 Å². The van der Waals surface area contributed by atoms with Crippen molar-refractivity contribution in [3.8, 4) is 0 Å². The summed E-state index contributed by atoms with van der Waals surface area (Å²) in [6, 6.07) is 8.36. The number of benzene rings is 2. The zero-order valence-electron chi connectivity index (χ0n) is 15.9. The summed E-state index contributed by atoms with van der Waals surface area (Å²) in [6.45, 7) is 7.16. The van der Waals surface area contributed by atoms with Crippen LogP contribution in [0.2, 0.25) is 0 Å². The molecule has 0 radical (unpaired) electrons. The molecule has 0 aliphatic heterocycles. The van der Waals surface area contributed by atoms with Gasteiger partial charge >= 0.3 is 12.4 Å². The first kappa shape index (κ1) is 23.1. The van der Waals surface area contributed by atoms with Gasteiger partial charge in [0.15, 0.2) is 0 Å². The molecule has 0 aliphatic rings. The zero-order chi connectivity index (χ0) is 20.8. The third-order valence-electron chi connectivity index (χ3n) is 3.88. The summed E-state index contributed by atoms with van der Waals surface area (Å²) in [4.78, 5) is 0. The number of alkyl halides is 6. The van der Waals surface area contributed by atoms with Gasteiger partial charge in [0.1, 0.15) is 0 Å². The Hall–Kier alpha value is -1.98. The van der Waals surface area contributed by atoms with Gasteiger partial charge in [-0.25, -0.2) is 0 Å². The van der Waals surface area contributed by atoms with Crippen molar-refractivity contribution < 1.29 is 26.3 Å². The van der Waals surface area contributed by atoms with Crippen LogP contribution in [0.5, 0.6) is 0 Å². The second-order valence-corrected chi connectivity index (χ2v) is 6.51. The predicted octanol–water partition coefficient (Wildman–Crippen LogP) is 7.54. The largest absolute Gasteiger partial charge is 0.416 e. The second-order valence-electron chi connectivity index (χ2n) is 6.51. The van der Waals surface area contributed by atoms with Crippen molar-refractivity contribution >= 4 is 0 Å². The maximum Gasteiger partial charge on any atom is 0.416 e. The molecule has 2 aromatic rings. The van der Waals surface area contributed by atoms with E-state index in [4.69, 9.17) is 0 Å². The van der Waals surface area contributed by atoms with Crippen LogP contribution in [0.15, 0.2) is 36.4 Å². The van der Waals surface area contributed by atoms with Gasteiger partial charge in [-0.05, 0) is 62.1 Å². The molecule has 2 aromatic carbocycles. The molecular formula is C21H24F6. The molecule has 27 heavy (non-hydrogen) atoms. The molecule has 0 heterocycles. The third kappa shape index (κ3) is 7.65. The maximum absolute atomic E-state index is 12.4. The number of hydrogen-bond donors (Lipinski definition) is 0. The van der Waals surface area contributed by atoms with Crippen LogP contribution in [0.1, 0.15) is 53.6 Å². The van der Waals surface area contributed by atoms with E-state index in [1.165, 1.54) is 24.3 Å². The Balaban J connectivity index is 0.000000271. The SMILES string of the molecule is CCCc1cc(C)cc(C(F)(F)F)c1.CCc1cc(C)cc(C(F)(F)F)c1. The Morgan fingerprint density at radius 1 is 0.630 bits per heavy atom. The Morgan fingerprint density at radius 2 is 1.04 bits per heavy atom. The monoisotopic (exact) mass is 390 g/mol. The van der Waals surface area contributed by atoms with Crippen molar-refractivity contribution in [1.82, 2.24) is 0 Å². The summed E-state index contributed by atoms with van der Waals surface area (Å²) >= 11 is 0. The van der Waals surface area contributed by atoms with Crippen LogP contribution in [0.3, 0.4) is 0 Å². The molecule has 0 aliphatic carbocycles. The number of hydrogen-bond acceptors (Lipinski definition) is 0. The van der Waals surface area contributed by atoms with E-state index in [2.05, 4.69) is 0 Å². The lowest BCUT2D eigenvalue weighted by Gasteiger charge is -2.09. The summed E-state index contributed by atoms with van der Waals surface area (Å²) in [5.41, 5.74) is 1.73. The Kier molecular flexibility index (Phi) is 7.93. The normalized spacial score (nSPS) is 11.8. The lowest BCUT2D eigenvalue weighted by molar-refractivity contribution is -0.138. The average Bonchev–Trinajstić information content (AvgIpc) is 2.53. The minimum absolute atomic E-state index is 0.541. The lowest BCUT2D eigenvalue weighted by atomic mass is 10.0. The molecule has 150 valence electrons. The molecule has 0 atom stereocenters. The molecule has 0 N–H and O–H groups in total. The molecule has 2 rings (SSSR count). The summed E-state index contributed by atoms with van der Waals surface area (Å²) in [5, 5.41) is 0. The topological polar surface area (TPSA) is 0 Å². The summed E-state index contributed by atoms with van der Waals surface area (Å²) in [5.74, 6) is 0. The quantitative estimate of drug-likeness (QED) is 0.475. The van der Waals surface area contributed by atoms with Crippen LogP contribution in [0.25, 0.3) is 0 Å². The van der Waals surface area contributed by atoms with Crippen LogP contribution in [0, 0.1) is 13.8 Å². The molecule has 6 heteroatoms. The van der Waals surface area contributed by atoms with E-state index in [1.807, 2.05) is 13.8 Å². The highest BCUT2D eigenvalue weighted by Gasteiger charge is 2.31. The highest BCUT2D eigenvalue weighted by Crippen LogP contribution is 2.31. The van der Waals surface area contributed by atoms with Crippen molar-refractivity contribution in [1.29, 1.82) is 0 Å².